The summed E-state index contributed by atoms with van der Waals surface area (Å²) >= 11 is 1.74. The van der Waals surface area contributed by atoms with Crippen LogP contribution in [0, 0.1) is 0 Å². The first-order valence-electron chi connectivity index (χ1n) is 13.1. The van der Waals surface area contributed by atoms with Crippen molar-refractivity contribution in [1.82, 2.24) is 0 Å². The van der Waals surface area contributed by atoms with Gasteiger partial charge in [0.25, 0.3) is 0 Å². The van der Waals surface area contributed by atoms with Gasteiger partial charge in [0.15, 0.2) is 0 Å². The van der Waals surface area contributed by atoms with Crippen molar-refractivity contribution in [3.05, 3.63) is 142 Å². The van der Waals surface area contributed by atoms with Crippen molar-refractivity contribution >= 4 is 17.6 Å². The first kappa shape index (κ1) is 32.5. The number of benzene rings is 2. The van der Waals surface area contributed by atoms with Crippen LogP contribution in [0.3, 0.4) is 0 Å². The summed E-state index contributed by atoms with van der Waals surface area (Å²) in [7, 11) is 0. The number of rotatable bonds is 4. The van der Waals surface area contributed by atoms with Crippen LogP contribution in [0.15, 0.2) is 108 Å². The van der Waals surface area contributed by atoms with E-state index in [1.807, 2.05) is 0 Å². The maximum Gasteiger partial charge on any atom is -1.00 e. The van der Waals surface area contributed by atoms with Gasteiger partial charge in [-0.25, -0.2) is 24.3 Å². The molecule has 0 amide bonds. The predicted molar refractivity (Wildman–Crippen MR) is 155 cm³/mol. The van der Waals surface area contributed by atoms with Crippen LogP contribution in [-0.4, -0.2) is 5.43 Å². The Kier molecular flexibility index (Phi) is 13.5. The Morgan fingerprint density at radius 3 is 1.24 bits per heavy atom. The van der Waals surface area contributed by atoms with E-state index in [9.17, 15) is 0 Å². The van der Waals surface area contributed by atoms with Crippen molar-refractivity contribution in [3.63, 3.8) is 0 Å². The Balaban J connectivity index is 0.000000224. The second-order valence-electron chi connectivity index (χ2n) is 9.71. The zero-order chi connectivity index (χ0) is 25.5. The summed E-state index contributed by atoms with van der Waals surface area (Å²) in [5.41, 5.74) is 11.9. The molecule has 4 aromatic carbocycles. The summed E-state index contributed by atoms with van der Waals surface area (Å²) in [6.07, 6.45) is 6.97. The third-order valence-corrected chi connectivity index (χ3v) is 6.90. The van der Waals surface area contributed by atoms with Gasteiger partial charge in [-0.2, -0.15) is 24.3 Å². The largest absolute Gasteiger partial charge is 1.00 e. The number of fused-ring (bicyclic) bond motifs is 2. The van der Waals surface area contributed by atoms with E-state index in [1.54, 1.807) is 23.3 Å². The summed E-state index contributed by atoms with van der Waals surface area (Å²) in [5, 5.41) is 0. The Hall–Kier alpha value is -1.70. The minimum atomic E-state index is 0. The molecule has 0 nitrogen and oxygen atoms in total. The van der Waals surface area contributed by atoms with Gasteiger partial charge in [-0.3, -0.25) is 0 Å². The molecule has 0 N–H and O–H groups in total. The number of halogens is 2. The first-order valence-corrected chi connectivity index (χ1v) is 19.3. The van der Waals surface area contributed by atoms with Gasteiger partial charge in [0.2, 0.25) is 0 Å². The van der Waals surface area contributed by atoms with Crippen LogP contribution in [0.25, 0.3) is 12.2 Å². The summed E-state index contributed by atoms with van der Waals surface area (Å²) in [5.74, 6) is 0.993. The van der Waals surface area contributed by atoms with Crippen molar-refractivity contribution < 1.29 is 48.1 Å². The molecule has 2 atom stereocenters. The molecule has 196 valence electrons. The predicted octanol–water partition coefficient (Wildman–Crippen LogP) is 3.48. The minimum Gasteiger partial charge on any atom is -1.00 e. The molecular formula is C34H36Cl2SiZr-2. The van der Waals surface area contributed by atoms with Crippen LogP contribution in [0.2, 0.25) is 13.1 Å². The Labute approximate surface area is 257 Å². The standard InChI is InChI=1S/2C16H15.C2H6Si.2ClH.Zr/c2*1-2-12-11-14-9-5-6-10-15(14)16(12)13-7-3-4-8-13;1-3-2;;;/h2*3-11,16H,2H2,1H3;1-2H3;2*1H;/q2*-1;;;;+2/p-2. The fraction of sp³-hybridized carbons (Fsp3) is 0.235. The Morgan fingerprint density at radius 1 is 0.605 bits per heavy atom. The SMILES string of the molecule is CCC1=Cc2ccccc2C1[c-]1cccc1.CCC1=Cc2ccccc2C1[c-]1cccc1.C[Si](C)=[Zr+2].[Cl-].[Cl-]. The van der Waals surface area contributed by atoms with Crippen LogP contribution < -0.4 is 24.8 Å². The van der Waals surface area contributed by atoms with Gasteiger partial charge in [-0.1, -0.05) is 85.7 Å². The third kappa shape index (κ3) is 7.70. The van der Waals surface area contributed by atoms with Crippen molar-refractivity contribution in [2.24, 2.45) is 0 Å². The second kappa shape index (κ2) is 15.8. The van der Waals surface area contributed by atoms with Crippen molar-refractivity contribution in [2.75, 3.05) is 0 Å². The number of allylic oxidation sites excluding steroid dienone is 2. The summed E-state index contributed by atoms with van der Waals surface area (Å²) in [6, 6.07) is 34.9. The average molecular weight is 635 g/mol. The second-order valence-corrected chi connectivity index (χ2v) is 19.1. The number of hydrogen-bond donors (Lipinski definition) is 0. The molecule has 0 bridgehead atoms. The number of hydrogen-bond acceptors (Lipinski definition) is 0. The molecular weight excluding hydrogens is 599 g/mol. The Bertz CT molecular complexity index is 1240. The maximum atomic E-state index is 2.35. The monoisotopic (exact) mass is 632 g/mol. The van der Waals surface area contributed by atoms with Gasteiger partial charge >= 0.3 is 41.9 Å². The van der Waals surface area contributed by atoms with Crippen LogP contribution >= 0.6 is 0 Å². The molecule has 0 heterocycles. The van der Waals surface area contributed by atoms with E-state index in [0.29, 0.717) is 11.8 Å². The third-order valence-electron chi connectivity index (χ3n) is 6.90. The van der Waals surface area contributed by atoms with Crippen molar-refractivity contribution in [2.45, 2.75) is 51.6 Å². The van der Waals surface area contributed by atoms with Crippen LogP contribution in [-0.2, 0) is 23.3 Å². The summed E-state index contributed by atoms with van der Waals surface area (Å²) < 4.78 is 0. The molecule has 0 saturated carbocycles. The van der Waals surface area contributed by atoms with Crippen LogP contribution in [0.5, 0.6) is 0 Å². The topological polar surface area (TPSA) is 0 Å². The smallest absolute Gasteiger partial charge is 1.00 e. The molecule has 38 heavy (non-hydrogen) atoms. The molecule has 2 unspecified atom stereocenters. The molecule has 0 spiro atoms. The van der Waals surface area contributed by atoms with Gasteiger partial charge < -0.3 is 24.8 Å². The van der Waals surface area contributed by atoms with E-state index < -0.39 is 0 Å². The zero-order valence-corrected chi connectivity index (χ0v) is 27.7. The minimum absolute atomic E-state index is 0. The molecule has 0 fully saturated rings. The zero-order valence-electron chi connectivity index (χ0n) is 22.7. The molecule has 0 aromatic heterocycles. The van der Waals surface area contributed by atoms with Gasteiger partial charge in [0.1, 0.15) is 0 Å². The first-order chi connectivity index (χ1) is 17.5. The summed E-state index contributed by atoms with van der Waals surface area (Å²) in [4.78, 5) is 0. The van der Waals surface area contributed by atoms with E-state index in [-0.39, 0.29) is 30.2 Å². The molecule has 6 rings (SSSR count). The van der Waals surface area contributed by atoms with Crippen LogP contribution in [0.1, 0.15) is 71.9 Å². The van der Waals surface area contributed by atoms with Crippen LogP contribution in [0.4, 0.5) is 0 Å². The molecule has 4 aromatic rings. The van der Waals surface area contributed by atoms with E-state index in [0.717, 1.165) is 12.8 Å². The molecule has 0 saturated heterocycles. The average Bonchev–Trinajstić information content (AvgIpc) is 3.68. The van der Waals surface area contributed by atoms with Gasteiger partial charge in [0.05, 0.1) is 0 Å². The molecule has 2 aliphatic carbocycles. The van der Waals surface area contributed by atoms with E-state index in [2.05, 4.69) is 136 Å². The van der Waals surface area contributed by atoms with Gasteiger partial charge in [-0.15, -0.1) is 11.1 Å². The fourth-order valence-corrected chi connectivity index (χ4v) is 5.34. The van der Waals surface area contributed by atoms with Gasteiger partial charge in [0, 0.05) is 0 Å². The Morgan fingerprint density at radius 2 is 0.921 bits per heavy atom. The summed E-state index contributed by atoms with van der Waals surface area (Å²) in [6.45, 7) is 9.10. The van der Waals surface area contributed by atoms with Crippen molar-refractivity contribution in [1.29, 1.82) is 0 Å². The molecule has 0 aliphatic heterocycles. The van der Waals surface area contributed by atoms with E-state index in [1.165, 1.54) is 44.5 Å². The fourth-order valence-electron chi connectivity index (χ4n) is 5.34. The van der Waals surface area contributed by atoms with Crippen molar-refractivity contribution in [3.8, 4) is 0 Å². The van der Waals surface area contributed by atoms with E-state index in [4.69, 9.17) is 0 Å². The van der Waals surface area contributed by atoms with E-state index >= 15 is 0 Å². The van der Waals surface area contributed by atoms with Gasteiger partial charge in [-0.05, 0) is 46.9 Å². The maximum absolute atomic E-state index is 2.35. The molecule has 4 heteroatoms. The quantitative estimate of drug-likeness (QED) is 0.238. The molecule has 2 aliphatic rings. The molecule has 0 radical (unpaired) electrons. The normalized spacial score (nSPS) is 16.2.